The number of piperidine rings is 1. The lowest BCUT2D eigenvalue weighted by molar-refractivity contribution is -0.0142. The zero-order chi connectivity index (χ0) is 9.84. The first-order valence-electron chi connectivity index (χ1n) is 4.21. The van der Waals surface area contributed by atoms with Crippen LogP contribution >= 0.6 is 8.46 Å². The maximum Gasteiger partial charge on any atom is 0.156 e. The third-order valence-electron chi connectivity index (χ3n) is 2.31. The Kier molecular flexibility index (Phi) is 4.22. The summed E-state index contributed by atoms with van der Waals surface area (Å²) in [6, 6.07) is -0.727. The Labute approximate surface area is 78.0 Å². The summed E-state index contributed by atoms with van der Waals surface area (Å²) in [4.78, 5) is 0. The molecule has 0 aromatic rings. The molecule has 1 saturated heterocycles. The van der Waals surface area contributed by atoms with Crippen LogP contribution in [-0.2, 0) is 4.57 Å². The van der Waals surface area contributed by atoms with Crippen molar-refractivity contribution in [1.29, 1.82) is 0 Å². The van der Waals surface area contributed by atoms with E-state index in [1.54, 1.807) is 0 Å². The molecule has 0 radical (unpaired) electrons. The second kappa shape index (κ2) is 4.98. The molecule has 4 atom stereocenters. The predicted molar refractivity (Wildman–Crippen MR) is 46.9 cm³/mol. The van der Waals surface area contributed by atoms with Crippen molar-refractivity contribution in [2.45, 2.75) is 30.7 Å². The minimum Gasteiger partial charge on any atom is -0.395 e. The molecule has 0 spiro atoms. The second-order valence-corrected chi connectivity index (χ2v) is 3.87. The summed E-state index contributed by atoms with van der Waals surface area (Å²) in [6.45, 7) is -0.180. The quantitative estimate of drug-likeness (QED) is 0.433. The summed E-state index contributed by atoms with van der Waals surface area (Å²) in [5.74, 6) is 0. The van der Waals surface area contributed by atoms with E-state index in [4.69, 9.17) is 5.11 Å². The van der Waals surface area contributed by atoms with Crippen LogP contribution in [0.1, 0.15) is 6.42 Å². The van der Waals surface area contributed by atoms with Gasteiger partial charge in [0, 0.05) is 18.6 Å². The highest BCUT2D eigenvalue weighted by Gasteiger charge is 2.34. The van der Waals surface area contributed by atoms with Crippen LogP contribution in [0, 0.1) is 0 Å². The first-order valence-corrected chi connectivity index (χ1v) is 5.21. The minimum absolute atomic E-state index is 0.0440. The molecule has 5 nitrogen and oxygen atoms in total. The fourth-order valence-corrected chi connectivity index (χ4v) is 2.01. The van der Waals surface area contributed by atoms with Crippen LogP contribution < -0.4 is 5.32 Å². The van der Waals surface area contributed by atoms with Crippen LogP contribution in [0.5, 0.6) is 0 Å². The minimum atomic E-state index is -0.737. The van der Waals surface area contributed by atoms with Gasteiger partial charge in [-0.3, -0.25) is 4.57 Å². The molecular weight excluding hydrogens is 193 g/mol. The molecule has 0 bridgehead atoms. The van der Waals surface area contributed by atoms with Crippen LogP contribution in [0.25, 0.3) is 0 Å². The van der Waals surface area contributed by atoms with Crippen molar-refractivity contribution in [1.82, 2.24) is 5.32 Å². The lowest BCUT2D eigenvalue weighted by Crippen LogP contribution is -2.59. The van der Waals surface area contributed by atoms with Gasteiger partial charge < -0.3 is 20.6 Å². The zero-order valence-electron chi connectivity index (χ0n) is 7.13. The highest BCUT2D eigenvalue weighted by Crippen LogP contribution is 2.16. The summed E-state index contributed by atoms with van der Waals surface area (Å²) in [5, 5.41) is 30.5. The molecule has 1 aliphatic rings. The van der Waals surface area contributed by atoms with E-state index >= 15 is 0 Å². The Morgan fingerprint density at radius 3 is 2.46 bits per heavy atom. The maximum absolute atomic E-state index is 10.3. The van der Waals surface area contributed by atoms with Crippen molar-refractivity contribution in [3.8, 4) is 0 Å². The van der Waals surface area contributed by atoms with Crippen molar-refractivity contribution in [3.63, 3.8) is 0 Å². The largest absolute Gasteiger partial charge is 0.395 e. The maximum atomic E-state index is 10.3. The lowest BCUT2D eigenvalue weighted by atomic mass is 9.94. The number of aliphatic hydroxyl groups excluding tert-OH is 3. The molecule has 0 saturated carbocycles. The SMILES string of the molecule is O=PCC1NC(CO)C(O)CC1O. The molecule has 13 heavy (non-hydrogen) atoms. The van der Waals surface area contributed by atoms with E-state index < -0.39 is 18.2 Å². The van der Waals surface area contributed by atoms with Crippen LogP contribution in [0.2, 0.25) is 0 Å². The van der Waals surface area contributed by atoms with Gasteiger partial charge in [-0.05, 0) is 0 Å². The second-order valence-electron chi connectivity index (χ2n) is 3.24. The molecular formula is C7H14NO4P. The molecule has 4 unspecified atom stereocenters. The third kappa shape index (κ3) is 2.69. The molecule has 0 amide bonds. The molecule has 0 aromatic heterocycles. The van der Waals surface area contributed by atoms with E-state index in [1.807, 2.05) is 0 Å². The predicted octanol–water partition coefficient (Wildman–Crippen LogP) is -1.28. The highest BCUT2D eigenvalue weighted by molar-refractivity contribution is 7.23. The van der Waals surface area contributed by atoms with Crippen molar-refractivity contribution >= 4 is 8.46 Å². The molecule has 76 valence electrons. The smallest absolute Gasteiger partial charge is 0.156 e. The zero-order valence-corrected chi connectivity index (χ0v) is 8.02. The van der Waals surface area contributed by atoms with E-state index in [0.29, 0.717) is 6.16 Å². The normalized spacial score (nSPS) is 40.8. The molecule has 1 heterocycles. The van der Waals surface area contributed by atoms with E-state index in [-0.39, 0.29) is 27.5 Å². The first kappa shape index (κ1) is 11.0. The number of aliphatic hydroxyl groups is 3. The number of hydrogen-bond acceptors (Lipinski definition) is 5. The van der Waals surface area contributed by atoms with E-state index in [2.05, 4.69) is 5.32 Å². The fraction of sp³-hybridized carbons (Fsp3) is 1.00. The standard InChI is InChI=1S/C7H14NO4P/c9-2-4-6(10)1-7(11)5(8-4)3-13-12/h4-11H,1-3H2. The van der Waals surface area contributed by atoms with Crippen LogP contribution in [-0.4, -0.2) is 52.4 Å². The number of hydrogen-bond donors (Lipinski definition) is 4. The van der Waals surface area contributed by atoms with Crippen LogP contribution in [0.4, 0.5) is 0 Å². The highest BCUT2D eigenvalue weighted by atomic mass is 31.1. The Hall–Kier alpha value is -0.0600. The summed E-state index contributed by atoms with van der Waals surface area (Å²) in [7, 11) is -0.0440. The van der Waals surface area contributed by atoms with Crippen molar-refractivity contribution in [2.75, 3.05) is 12.8 Å². The van der Waals surface area contributed by atoms with Gasteiger partial charge >= 0.3 is 0 Å². The molecule has 0 aliphatic carbocycles. The van der Waals surface area contributed by atoms with Gasteiger partial charge in [0.1, 0.15) is 0 Å². The molecule has 4 N–H and O–H groups in total. The van der Waals surface area contributed by atoms with Gasteiger partial charge in [-0.25, -0.2) is 0 Å². The Morgan fingerprint density at radius 1 is 1.31 bits per heavy atom. The van der Waals surface area contributed by atoms with Gasteiger partial charge in [-0.15, -0.1) is 0 Å². The van der Waals surface area contributed by atoms with E-state index in [9.17, 15) is 14.8 Å². The van der Waals surface area contributed by atoms with Gasteiger partial charge in [0.2, 0.25) is 0 Å². The molecule has 0 aromatic carbocycles. The van der Waals surface area contributed by atoms with Gasteiger partial charge in [0.15, 0.2) is 8.46 Å². The lowest BCUT2D eigenvalue weighted by Gasteiger charge is -2.36. The average Bonchev–Trinajstić information content (AvgIpc) is 2.10. The van der Waals surface area contributed by atoms with Gasteiger partial charge in [0.05, 0.1) is 24.9 Å². The van der Waals surface area contributed by atoms with E-state index in [1.165, 1.54) is 0 Å². The monoisotopic (exact) mass is 207 g/mol. The Morgan fingerprint density at radius 2 is 1.92 bits per heavy atom. The molecule has 1 aliphatic heterocycles. The molecule has 1 fully saturated rings. The topological polar surface area (TPSA) is 89.8 Å². The van der Waals surface area contributed by atoms with Gasteiger partial charge in [0.25, 0.3) is 0 Å². The summed E-state index contributed by atoms with van der Waals surface area (Å²) in [5.41, 5.74) is 0. The van der Waals surface area contributed by atoms with Crippen molar-refractivity contribution in [2.24, 2.45) is 0 Å². The Bertz CT molecular complexity index is 180. The molecule has 1 rings (SSSR count). The van der Waals surface area contributed by atoms with Crippen molar-refractivity contribution in [3.05, 3.63) is 0 Å². The summed E-state index contributed by atoms with van der Waals surface area (Å²) < 4.78 is 10.3. The van der Waals surface area contributed by atoms with Gasteiger partial charge in [-0.1, -0.05) is 0 Å². The summed E-state index contributed by atoms with van der Waals surface area (Å²) in [6.07, 6.45) is -0.915. The van der Waals surface area contributed by atoms with Gasteiger partial charge in [-0.2, -0.15) is 0 Å². The fourth-order valence-electron chi connectivity index (χ4n) is 1.50. The number of nitrogens with one attached hydrogen (secondary N) is 1. The average molecular weight is 207 g/mol. The third-order valence-corrected chi connectivity index (χ3v) is 2.85. The van der Waals surface area contributed by atoms with E-state index in [0.717, 1.165) is 0 Å². The van der Waals surface area contributed by atoms with Crippen molar-refractivity contribution < 1.29 is 19.9 Å². The summed E-state index contributed by atoms with van der Waals surface area (Å²) >= 11 is 0. The first-order chi connectivity index (χ1) is 6.19. The van der Waals surface area contributed by atoms with Crippen LogP contribution in [0.15, 0.2) is 0 Å². The number of rotatable bonds is 3. The van der Waals surface area contributed by atoms with Crippen LogP contribution in [0.3, 0.4) is 0 Å². The molecule has 6 heteroatoms. The Balaban J connectivity index is 2.52.